The van der Waals surface area contributed by atoms with Gasteiger partial charge in [-0.15, -0.1) is 0 Å². The van der Waals surface area contributed by atoms with Crippen LogP contribution in [0.2, 0.25) is 0 Å². The molecule has 1 aromatic rings. The van der Waals surface area contributed by atoms with Gasteiger partial charge in [0.15, 0.2) is 17.3 Å². The number of benzene rings is 1. The van der Waals surface area contributed by atoms with Crippen molar-refractivity contribution in [3.05, 3.63) is 23.5 Å². The molecule has 2 rings (SSSR count). The number of ether oxygens (including phenoxy) is 1. The van der Waals surface area contributed by atoms with Gasteiger partial charge in [0.2, 0.25) is 0 Å². The van der Waals surface area contributed by atoms with E-state index in [2.05, 4.69) is 4.99 Å². The molecule has 0 saturated carbocycles. The summed E-state index contributed by atoms with van der Waals surface area (Å²) in [5.74, 6) is -0.742. The fourth-order valence-electron chi connectivity index (χ4n) is 1.51. The van der Waals surface area contributed by atoms with Crippen LogP contribution in [-0.2, 0) is 0 Å². The first-order valence-corrected chi connectivity index (χ1v) is 4.59. The van der Waals surface area contributed by atoms with Crippen molar-refractivity contribution in [2.45, 2.75) is 6.92 Å². The lowest BCUT2D eigenvalue weighted by Crippen LogP contribution is -2.16. The molecule has 0 spiro atoms. The second-order valence-corrected chi connectivity index (χ2v) is 3.43. The van der Waals surface area contributed by atoms with Gasteiger partial charge in [0.25, 0.3) is 0 Å². The maximum absolute atomic E-state index is 13.3. The average Bonchev–Trinajstić information content (AvgIpc) is 2.23. The molecule has 0 aliphatic carbocycles. The molecular formula is C11H10FNO2. The van der Waals surface area contributed by atoms with Crippen molar-refractivity contribution in [3.8, 4) is 5.75 Å². The average molecular weight is 207 g/mol. The fraction of sp³-hybridized carbons (Fsp3) is 0.273. The number of carbonyl (C=O) groups is 1. The zero-order chi connectivity index (χ0) is 11.0. The van der Waals surface area contributed by atoms with Crippen LogP contribution in [0.1, 0.15) is 17.3 Å². The Kier molecular flexibility index (Phi) is 2.26. The number of methoxy groups -OCH3 is 1. The Morgan fingerprint density at radius 3 is 2.87 bits per heavy atom. The molecule has 0 fully saturated rings. The van der Waals surface area contributed by atoms with Crippen LogP contribution in [0.5, 0.6) is 5.75 Å². The summed E-state index contributed by atoms with van der Waals surface area (Å²) < 4.78 is 18.1. The van der Waals surface area contributed by atoms with Crippen LogP contribution in [0.15, 0.2) is 17.1 Å². The van der Waals surface area contributed by atoms with Crippen LogP contribution < -0.4 is 4.74 Å². The fourth-order valence-corrected chi connectivity index (χ4v) is 1.51. The first-order chi connectivity index (χ1) is 7.13. The number of ketones is 1. The van der Waals surface area contributed by atoms with Crippen LogP contribution in [0.4, 0.5) is 10.1 Å². The molecule has 0 N–H and O–H groups in total. The van der Waals surface area contributed by atoms with Crippen LogP contribution in [0.25, 0.3) is 0 Å². The smallest absolute Gasteiger partial charge is 0.173 e. The van der Waals surface area contributed by atoms with E-state index in [-0.39, 0.29) is 17.5 Å². The van der Waals surface area contributed by atoms with Gasteiger partial charge in [0, 0.05) is 17.8 Å². The zero-order valence-corrected chi connectivity index (χ0v) is 8.45. The van der Waals surface area contributed by atoms with Crippen LogP contribution in [0, 0.1) is 11.7 Å². The van der Waals surface area contributed by atoms with Gasteiger partial charge in [0.1, 0.15) is 0 Å². The highest BCUT2D eigenvalue weighted by atomic mass is 19.1. The van der Waals surface area contributed by atoms with Crippen molar-refractivity contribution in [2.75, 3.05) is 7.11 Å². The van der Waals surface area contributed by atoms with E-state index in [1.165, 1.54) is 25.5 Å². The minimum absolute atomic E-state index is 0.0571. The van der Waals surface area contributed by atoms with Gasteiger partial charge in [0.05, 0.1) is 18.7 Å². The van der Waals surface area contributed by atoms with Gasteiger partial charge in [-0.3, -0.25) is 9.79 Å². The van der Waals surface area contributed by atoms with Crippen molar-refractivity contribution in [3.63, 3.8) is 0 Å². The second kappa shape index (κ2) is 3.46. The molecule has 15 heavy (non-hydrogen) atoms. The summed E-state index contributed by atoms with van der Waals surface area (Å²) in [6, 6.07) is 2.62. The number of rotatable bonds is 1. The molecule has 0 saturated heterocycles. The number of fused-ring (bicyclic) bond motifs is 1. The van der Waals surface area contributed by atoms with Crippen molar-refractivity contribution in [1.29, 1.82) is 0 Å². The summed E-state index contributed by atoms with van der Waals surface area (Å²) in [4.78, 5) is 15.7. The molecule has 1 heterocycles. The first kappa shape index (κ1) is 9.83. The molecule has 1 aliphatic heterocycles. The Labute approximate surface area is 86.6 Å². The SMILES string of the molecule is COc1cc2c(cc1F)N=CC(C)C2=O. The van der Waals surface area contributed by atoms with E-state index >= 15 is 0 Å². The van der Waals surface area contributed by atoms with Gasteiger partial charge in [-0.1, -0.05) is 6.92 Å². The monoisotopic (exact) mass is 207 g/mol. The largest absolute Gasteiger partial charge is 0.494 e. The molecule has 0 radical (unpaired) electrons. The topological polar surface area (TPSA) is 38.7 Å². The Bertz CT molecular complexity index is 454. The molecule has 0 amide bonds. The maximum Gasteiger partial charge on any atom is 0.173 e. The summed E-state index contributed by atoms with van der Waals surface area (Å²) in [6.45, 7) is 1.75. The third kappa shape index (κ3) is 1.52. The molecule has 1 atom stereocenters. The number of halogens is 1. The Morgan fingerprint density at radius 2 is 2.20 bits per heavy atom. The number of carbonyl (C=O) groups excluding carboxylic acids is 1. The number of hydrogen-bond donors (Lipinski definition) is 0. The van der Waals surface area contributed by atoms with Crippen LogP contribution in [0.3, 0.4) is 0 Å². The normalized spacial score (nSPS) is 18.9. The zero-order valence-electron chi connectivity index (χ0n) is 8.45. The van der Waals surface area contributed by atoms with Crippen LogP contribution in [-0.4, -0.2) is 19.1 Å². The van der Waals surface area contributed by atoms with Gasteiger partial charge in [-0.05, 0) is 6.07 Å². The summed E-state index contributed by atoms with van der Waals surface area (Å²) >= 11 is 0. The molecule has 1 aliphatic rings. The molecule has 78 valence electrons. The summed E-state index contributed by atoms with van der Waals surface area (Å²) in [5.41, 5.74) is 0.791. The molecular weight excluding hydrogens is 197 g/mol. The second-order valence-electron chi connectivity index (χ2n) is 3.43. The lowest BCUT2D eigenvalue weighted by atomic mass is 9.96. The van der Waals surface area contributed by atoms with E-state index in [9.17, 15) is 9.18 Å². The number of nitrogens with zero attached hydrogens (tertiary/aromatic N) is 1. The number of hydrogen-bond acceptors (Lipinski definition) is 3. The van der Waals surface area contributed by atoms with E-state index < -0.39 is 5.82 Å². The van der Waals surface area contributed by atoms with Crippen LogP contribution >= 0.6 is 0 Å². The van der Waals surface area contributed by atoms with Crippen molar-refractivity contribution < 1.29 is 13.9 Å². The quantitative estimate of drug-likeness (QED) is 0.709. The predicted octanol–water partition coefficient (Wildman–Crippen LogP) is 2.37. The first-order valence-electron chi connectivity index (χ1n) is 4.59. The van der Waals surface area contributed by atoms with E-state index in [0.717, 1.165) is 0 Å². The Hall–Kier alpha value is -1.71. The van der Waals surface area contributed by atoms with Gasteiger partial charge in [-0.2, -0.15) is 0 Å². The number of aliphatic imine (C=N–C) groups is 1. The number of Topliss-reactive ketones (excluding diaryl/α,β-unsaturated/α-hetero) is 1. The molecule has 4 heteroatoms. The Balaban J connectivity index is 2.60. The minimum atomic E-state index is -0.504. The van der Waals surface area contributed by atoms with E-state index in [1.54, 1.807) is 6.92 Å². The maximum atomic E-state index is 13.3. The molecule has 0 aromatic heterocycles. The molecule has 3 nitrogen and oxygen atoms in total. The molecule has 1 aromatic carbocycles. The third-order valence-corrected chi connectivity index (χ3v) is 2.39. The highest BCUT2D eigenvalue weighted by molar-refractivity contribution is 6.12. The molecule has 0 bridgehead atoms. The summed E-state index contributed by atoms with van der Waals surface area (Å²) in [7, 11) is 1.37. The Morgan fingerprint density at radius 1 is 1.47 bits per heavy atom. The lowest BCUT2D eigenvalue weighted by Gasteiger charge is -2.14. The van der Waals surface area contributed by atoms with Gasteiger partial charge >= 0.3 is 0 Å². The van der Waals surface area contributed by atoms with Gasteiger partial charge < -0.3 is 4.74 Å². The predicted molar refractivity (Wildman–Crippen MR) is 54.6 cm³/mol. The highest BCUT2D eigenvalue weighted by Crippen LogP contribution is 2.31. The minimum Gasteiger partial charge on any atom is -0.494 e. The van der Waals surface area contributed by atoms with E-state index in [1.807, 2.05) is 0 Å². The van der Waals surface area contributed by atoms with Crippen molar-refractivity contribution >= 4 is 17.7 Å². The third-order valence-electron chi connectivity index (χ3n) is 2.39. The van der Waals surface area contributed by atoms with Gasteiger partial charge in [-0.25, -0.2) is 4.39 Å². The molecule has 1 unspecified atom stereocenters. The highest BCUT2D eigenvalue weighted by Gasteiger charge is 2.23. The van der Waals surface area contributed by atoms with E-state index in [4.69, 9.17) is 4.74 Å². The van der Waals surface area contributed by atoms with E-state index in [0.29, 0.717) is 11.3 Å². The summed E-state index contributed by atoms with van der Waals surface area (Å²) in [5, 5.41) is 0. The lowest BCUT2D eigenvalue weighted by molar-refractivity contribution is 0.0962. The standard InChI is InChI=1S/C11H10FNO2/c1-6-5-13-9-4-8(12)10(15-2)3-7(9)11(6)14/h3-6H,1-2H3. The van der Waals surface area contributed by atoms with Crippen molar-refractivity contribution in [2.24, 2.45) is 10.9 Å². The summed E-state index contributed by atoms with van der Waals surface area (Å²) in [6.07, 6.45) is 1.52. The van der Waals surface area contributed by atoms with Crippen molar-refractivity contribution in [1.82, 2.24) is 0 Å².